The highest BCUT2D eigenvalue weighted by atomic mass is 35.5. The Hall–Kier alpha value is -2.13. The minimum absolute atomic E-state index is 0.0984. The number of hydrogen-bond acceptors (Lipinski definition) is 4. The first-order chi connectivity index (χ1) is 13.3. The molecule has 0 aliphatic heterocycles. The molecule has 0 radical (unpaired) electrons. The summed E-state index contributed by atoms with van der Waals surface area (Å²) in [6.07, 6.45) is -0.0699. The second-order valence-electron chi connectivity index (χ2n) is 6.70. The lowest BCUT2D eigenvalue weighted by Crippen LogP contribution is -2.43. The van der Waals surface area contributed by atoms with Crippen LogP contribution >= 0.6 is 11.6 Å². The van der Waals surface area contributed by atoms with Gasteiger partial charge in [-0.05, 0) is 37.8 Å². The number of rotatable bonds is 5. The third kappa shape index (κ3) is 4.64. The average Bonchev–Trinajstić information content (AvgIpc) is 3.18. The fourth-order valence-electron chi connectivity index (χ4n) is 3.39. The minimum atomic E-state index is -4.62. The molecular formula is C18H20ClF3N4O2. The first kappa shape index (κ1) is 20.6. The van der Waals surface area contributed by atoms with E-state index >= 15 is 0 Å². The maximum atomic E-state index is 13.0. The van der Waals surface area contributed by atoms with Crippen LogP contribution in [0.15, 0.2) is 24.4 Å². The summed E-state index contributed by atoms with van der Waals surface area (Å²) in [6, 6.07) is 3.91. The maximum absolute atomic E-state index is 13.0. The number of methoxy groups -OCH3 is 1. The van der Waals surface area contributed by atoms with Gasteiger partial charge in [-0.2, -0.15) is 18.3 Å². The summed E-state index contributed by atoms with van der Waals surface area (Å²) >= 11 is 6.18. The normalized spacial score (nSPS) is 20.2. The number of carbonyl (C=O) groups excluding carboxylic acids is 1. The van der Waals surface area contributed by atoms with Gasteiger partial charge in [-0.15, -0.1) is 0 Å². The lowest BCUT2D eigenvalue weighted by molar-refractivity contribution is -0.141. The third-order valence-corrected chi connectivity index (χ3v) is 5.28. The van der Waals surface area contributed by atoms with Crippen molar-refractivity contribution < 1.29 is 22.7 Å². The molecule has 0 saturated heterocycles. The predicted octanol–water partition coefficient (Wildman–Crippen LogP) is 4.08. The highest BCUT2D eigenvalue weighted by Crippen LogP contribution is 2.30. The summed E-state index contributed by atoms with van der Waals surface area (Å²) in [4.78, 5) is 18.8. The topological polar surface area (TPSA) is 71.1 Å². The van der Waals surface area contributed by atoms with Gasteiger partial charge in [-0.3, -0.25) is 14.9 Å². The van der Waals surface area contributed by atoms with Crippen LogP contribution in [0.3, 0.4) is 0 Å². The Morgan fingerprint density at radius 1 is 1.36 bits per heavy atom. The second-order valence-corrected chi connectivity index (χ2v) is 7.10. The van der Waals surface area contributed by atoms with E-state index in [9.17, 15) is 18.0 Å². The number of H-pyrrole nitrogens is 1. The molecule has 1 N–H and O–H groups in total. The number of nitrogens with zero attached hydrogens (tertiary/aromatic N) is 3. The van der Waals surface area contributed by atoms with Crippen LogP contribution in [-0.2, 0) is 17.5 Å². The van der Waals surface area contributed by atoms with Crippen LogP contribution in [0.1, 0.15) is 47.6 Å². The third-order valence-electron chi connectivity index (χ3n) is 4.93. The van der Waals surface area contributed by atoms with Gasteiger partial charge in [0.1, 0.15) is 5.69 Å². The van der Waals surface area contributed by atoms with Crippen molar-refractivity contribution in [3.8, 4) is 0 Å². The number of hydrogen-bond donors (Lipinski definition) is 1. The van der Waals surface area contributed by atoms with Gasteiger partial charge in [0.25, 0.3) is 5.91 Å². The molecule has 0 atom stereocenters. The molecule has 6 nitrogen and oxygen atoms in total. The highest BCUT2D eigenvalue weighted by Gasteiger charge is 2.36. The zero-order chi connectivity index (χ0) is 20.3. The summed E-state index contributed by atoms with van der Waals surface area (Å²) in [5, 5.41) is 5.83. The zero-order valence-electron chi connectivity index (χ0n) is 15.2. The van der Waals surface area contributed by atoms with Crippen LogP contribution in [-0.4, -0.2) is 45.2 Å². The van der Waals surface area contributed by atoms with Crippen LogP contribution < -0.4 is 0 Å². The van der Waals surface area contributed by atoms with Gasteiger partial charge in [0.15, 0.2) is 5.69 Å². The molecule has 0 aromatic carbocycles. The number of halogens is 4. The molecule has 1 fully saturated rings. The molecule has 0 bridgehead atoms. The molecule has 152 valence electrons. The first-order valence-corrected chi connectivity index (χ1v) is 9.23. The van der Waals surface area contributed by atoms with E-state index in [1.54, 1.807) is 25.4 Å². The molecule has 1 saturated carbocycles. The summed E-state index contributed by atoms with van der Waals surface area (Å²) in [5.74, 6) is -0.564. The average molecular weight is 417 g/mol. The fraction of sp³-hybridized carbons (Fsp3) is 0.500. The van der Waals surface area contributed by atoms with Gasteiger partial charge >= 0.3 is 6.18 Å². The van der Waals surface area contributed by atoms with Crippen molar-refractivity contribution in [2.75, 3.05) is 7.11 Å². The van der Waals surface area contributed by atoms with E-state index in [1.807, 2.05) is 0 Å². The SMILES string of the molecule is CO[C@H]1CC[C@H](N(Cc2ncccc2Cl)C(=O)c2cc(C(F)(F)F)n[nH]2)CC1. The number of amides is 1. The first-order valence-electron chi connectivity index (χ1n) is 8.85. The van der Waals surface area contributed by atoms with Crippen LogP contribution in [0.4, 0.5) is 13.2 Å². The minimum Gasteiger partial charge on any atom is -0.381 e. The number of aromatic amines is 1. The Kier molecular flexibility index (Phi) is 6.24. The Balaban J connectivity index is 1.86. The monoisotopic (exact) mass is 416 g/mol. The van der Waals surface area contributed by atoms with Gasteiger partial charge in [-0.25, -0.2) is 0 Å². The molecule has 10 heteroatoms. The number of alkyl halides is 3. The van der Waals surface area contributed by atoms with Crippen LogP contribution in [0.25, 0.3) is 0 Å². The molecule has 1 amide bonds. The Morgan fingerprint density at radius 2 is 2.07 bits per heavy atom. The lowest BCUT2D eigenvalue weighted by atomic mass is 9.91. The molecule has 3 rings (SSSR count). The van der Waals surface area contributed by atoms with Crippen LogP contribution in [0.5, 0.6) is 0 Å². The van der Waals surface area contributed by atoms with Crippen molar-refractivity contribution in [2.24, 2.45) is 0 Å². The number of carbonyl (C=O) groups is 1. The van der Waals surface area contributed by atoms with Crippen molar-refractivity contribution in [2.45, 2.75) is 50.6 Å². The summed E-state index contributed by atoms with van der Waals surface area (Å²) in [6.45, 7) is 0.0984. The van der Waals surface area contributed by atoms with Crippen molar-refractivity contribution in [1.82, 2.24) is 20.1 Å². The molecular weight excluding hydrogens is 397 g/mol. The summed E-state index contributed by atoms with van der Waals surface area (Å²) in [7, 11) is 1.64. The molecule has 1 aliphatic rings. The molecule has 1 aliphatic carbocycles. The van der Waals surface area contributed by atoms with E-state index < -0.39 is 17.8 Å². The Labute approximate surface area is 165 Å². The molecule has 2 aromatic rings. The van der Waals surface area contributed by atoms with E-state index in [-0.39, 0.29) is 24.4 Å². The highest BCUT2D eigenvalue weighted by molar-refractivity contribution is 6.31. The van der Waals surface area contributed by atoms with Gasteiger partial charge < -0.3 is 9.64 Å². The fourth-order valence-corrected chi connectivity index (χ4v) is 3.57. The van der Waals surface area contributed by atoms with E-state index in [0.717, 1.165) is 18.9 Å². The van der Waals surface area contributed by atoms with Gasteiger partial charge in [0.05, 0.1) is 23.4 Å². The van der Waals surface area contributed by atoms with Gasteiger partial charge in [0.2, 0.25) is 0 Å². The maximum Gasteiger partial charge on any atom is 0.435 e. The van der Waals surface area contributed by atoms with Crippen molar-refractivity contribution in [3.63, 3.8) is 0 Å². The Morgan fingerprint density at radius 3 is 2.64 bits per heavy atom. The zero-order valence-corrected chi connectivity index (χ0v) is 15.9. The summed E-state index contributed by atoms with van der Waals surface area (Å²) < 4.78 is 43.9. The van der Waals surface area contributed by atoms with Crippen LogP contribution in [0, 0.1) is 0 Å². The lowest BCUT2D eigenvalue weighted by Gasteiger charge is -2.36. The molecule has 28 heavy (non-hydrogen) atoms. The molecule has 0 unspecified atom stereocenters. The smallest absolute Gasteiger partial charge is 0.381 e. The molecule has 0 spiro atoms. The molecule has 2 heterocycles. The van der Waals surface area contributed by atoms with Crippen molar-refractivity contribution in [1.29, 1.82) is 0 Å². The standard InChI is InChI=1S/C18H20ClF3N4O2/c1-28-12-6-4-11(5-7-12)26(10-15-13(19)3-2-8-23-15)17(27)14-9-16(25-24-14)18(20,21)22/h2-3,8-9,11-12H,4-7,10H2,1H3,(H,24,25)/t11-,12-. The van der Waals surface area contributed by atoms with Gasteiger partial charge in [0, 0.05) is 25.4 Å². The number of pyridine rings is 1. The van der Waals surface area contributed by atoms with E-state index in [0.29, 0.717) is 23.6 Å². The predicted molar refractivity (Wildman–Crippen MR) is 95.8 cm³/mol. The summed E-state index contributed by atoms with van der Waals surface area (Å²) in [5.41, 5.74) is -0.857. The Bertz CT molecular complexity index is 819. The number of nitrogens with one attached hydrogen (secondary N) is 1. The van der Waals surface area contributed by atoms with Crippen LogP contribution in [0.2, 0.25) is 5.02 Å². The quantitative estimate of drug-likeness (QED) is 0.797. The van der Waals surface area contributed by atoms with E-state index in [4.69, 9.17) is 16.3 Å². The second kappa shape index (κ2) is 8.48. The van der Waals surface area contributed by atoms with Gasteiger partial charge in [-0.1, -0.05) is 11.6 Å². The number of ether oxygens (including phenoxy) is 1. The number of aromatic nitrogens is 3. The van der Waals surface area contributed by atoms with Crippen molar-refractivity contribution >= 4 is 17.5 Å². The van der Waals surface area contributed by atoms with E-state index in [2.05, 4.69) is 15.2 Å². The molecule has 2 aromatic heterocycles. The van der Waals surface area contributed by atoms with Crippen molar-refractivity contribution in [3.05, 3.63) is 46.5 Å². The largest absolute Gasteiger partial charge is 0.435 e. The van der Waals surface area contributed by atoms with E-state index in [1.165, 1.54) is 4.90 Å².